The molecule has 0 heterocycles. The summed E-state index contributed by atoms with van der Waals surface area (Å²) >= 11 is 6.11. The molecular formula is C16H24ClN. The van der Waals surface area contributed by atoms with Crippen molar-refractivity contribution < 1.29 is 0 Å². The molecule has 1 aromatic carbocycles. The number of rotatable bonds is 7. The van der Waals surface area contributed by atoms with Crippen LogP contribution in [0.1, 0.15) is 51.0 Å². The Hall–Kier alpha value is -0.530. The van der Waals surface area contributed by atoms with Gasteiger partial charge < -0.3 is 5.32 Å². The average molecular weight is 266 g/mol. The second kappa shape index (κ2) is 6.58. The smallest absolute Gasteiger partial charge is 0.0408 e. The number of hydrogen-bond donors (Lipinski definition) is 1. The fourth-order valence-corrected chi connectivity index (χ4v) is 2.55. The van der Waals surface area contributed by atoms with Crippen LogP contribution in [0.15, 0.2) is 24.3 Å². The van der Waals surface area contributed by atoms with Gasteiger partial charge in [-0.1, -0.05) is 44.0 Å². The van der Waals surface area contributed by atoms with Crippen molar-refractivity contribution in [1.82, 2.24) is 5.32 Å². The van der Waals surface area contributed by atoms with Crippen LogP contribution < -0.4 is 5.32 Å². The van der Waals surface area contributed by atoms with Gasteiger partial charge in [-0.3, -0.25) is 0 Å². The summed E-state index contributed by atoms with van der Waals surface area (Å²) in [4.78, 5) is 0. The Bertz CT molecular complexity index is 373. The standard InChI is InChI=1S/C16H24ClN/c1-3-12(2)9-14(11-18-16-7-8-16)13-5-4-6-15(17)10-13/h4-6,10,12,14,16,18H,3,7-9,11H2,1-2H3. The number of halogens is 1. The van der Waals surface area contributed by atoms with Gasteiger partial charge in [0.05, 0.1) is 0 Å². The fraction of sp³-hybridized carbons (Fsp3) is 0.625. The van der Waals surface area contributed by atoms with Gasteiger partial charge in [-0.05, 0) is 48.8 Å². The van der Waals surface area contributed by atoms with Gasteiger partial charge in [0, 0.05) is 17.6 Å². The highest BCUT2D eigenvalue weighted by Gasteiger charge is 2.23. The summed E-state index contributed by atoms with van der Waals surface area (Å²) in [6.45, 7) is 5.71. The van der Waals surface area contributed by atoms with Crippen LogP contribution in [0.5, 0.6) is 0 Å². The molecule has 0 saturated heterocycles. The predicted octanol–water partition coefficient (Wildman–Crippen LogP) is 4.61. The summed E-state index contributed by atoms with van der Waals surface area (Å²) in [5.41, 5.74) is 1.39. The molecule has 18 heavy (non-hydrogen) atoms. The van der Waals surface area contributed by atoms with E-state index in [0.717, 1.165) is 23.5 Å². The fourth-order valence-electron chi connectivity index (χ4n) is 2.35. The van der Waals surface area contributed by atoms with E-state index in [1.807, 2.05) is 6.07 Å². The minimum absolute atomic E-state index is 0.597. The molecule has 1 aromatic rings. The van der Waals surface area contributed by atoms with Gasteiger partial charge in [-0.25, -0.2) is 0 Å². The predicted molar refractivity (Wildman–Crippen MR) is 79.3 cm³/mol. The quantitative estimate of drug-likeness (QED) is 0.759. The highest BCUT2D eigenvalue weighted by molar-refractivity contribution is 6.30. The molecule has 0 spiro atoms. The SMILES string of the molecule is CCC(C)CC(CNC1CC1)c1cccc(Cl)c1. The second-order valence-electron chi connectivity index (χ2n) is 5.68. The van der Waals surface area contributed by atoms with Gasteiger partial charge in [-0.2, -0.15) is 0 Å². The summed E-state index contributed by atoms with van der Waals surface area (Å²) in [7, 11) is 0. The van der Waals surface area contributed by atoms with Gasteiger partial charge in [-0.15, -0.1) is 0 Å². The van der Waals surface area contributed by atoms with Crippen LogP contribution in [-0.4, -0.2) is 12.6 Å². The molecule has 1 fully saturated rings. The molecule has 1 nitrogen and oxygen atoms in total. The molecular weight excluding hydrogens is 242 g/mol. The van der Waals surface area contributed by atoms with Crippen molar-refractivity contribution in [3.63, 3.8) is 0 Å². The summed E-state index contributed by atoms with van der Waals surface area (Å²) in [6.07, 6.45) is 5.20. The Balaban J connectivity index is 2.01. The topological polar surface area (TPSA) is 12.0 Å². The summed E-state index contributed by atoms with van der Waals surface area (Å²) in [5.74, 6) is 1.37. The highest BCUT2D eigenvalue weighted by atomic mass is 35.5. The van der Waals surface area contributed by atoms with Gasteiger partial charge in [0.15, 0.2) is 0 Å². The summed E-state index contributed by atoms with van der Waals surface area (Å²) in [6, 6.07) is 9.15. The molecule has 2 unspecified atom stereocenters. The van der Waals surface area contributed by atoms with E-state index < -0.39 is 0 Å². The van der Waals surface area contributed by atoms with E-state index in [4.69, 9.17) is 11.6 Å². The first kappa shape index (κ1) is 13.9. The highest BCUT2D eigenvalue weighted by Crippen LogP contribution is 2.28. The van der Waals surface area contributed by atoms with Crippen molar-refractivity contribution in [3.05, 3.63) is 34.9 Å². The van der Waals surface area contributed by atoms with Crippen LogP contribution in [0, 0.1) is 5.92 Å². The van der Waals surface area contributed by atoms with E-state index in [-0.39, 0.29) is 0 Å². The Morgan fingerprint density at radius 3 is 2.78 bits per heavy atom. The normalized spacial score (nSPS) is 18.6. The van der Waals surface area contributed by atoms with Crippen LogP contribution >= 0.6 is 11.6 Å². The first-order chi connectivity index (χ1) is 8.69. The lowest BCUT2D eigenvalue weighted by Crippen LogP contribution is -2.24. The van der Waals surface area contributed by atoms with Gasteiger partial charge >= 0.3 is 0 Å². The monoisotopic (exact) mass is 265 g/mol. The molecule has 0 radical (unpaired) electrons. The Morgan fingerprint density at radius 1 is 1.39 bits per heavy atom. The van der Waals surface area contributed by atoms with Crippen LogP contribution in [0.25, 0.3) is 0 Å². The average Bonchev–Trinajstić information content (AvgIpc) is 3.18. The van der Waals surface area contributed by atoms with Crippen molar-refractivity contribution in [1.29, 1.82) is 0 Å². The molecule has 0 bridgehead atoms. The number of nitrogens with one attached hydrogen (secondary N) is 1. The third-order valence-corrected chi connectivity index (χ3v) is 4.17. The Morgan fingerprint density at radius 2 is 2.17 bits per heavy atom. The molecule has 0 aromatic heterocycles. The van der Waals surface area contributed by atoms with E-state index in [2.05, 4.69) is 37.4 Å². The van der Waals surface area contributed by atoms with Crippen molar-refractivity contribution >= 4 is 11.6 Å². The first-order valence-corrected chi connectivity index (χ1v) is 7.55. The van der Waals surface area contributed by atoms with Crippen molar-refractivity contribution in [2.75, 3.05) is 6.54 Å². The Kier molecular flexibility index (Phi) is 5.08. The molecule has 2 rings (SSSR count). The van der Waals surface area contributed by atoms with E-state index in [1.54, 1.807) is 0 Å². The van der Waals surface area contributed by atoms with Gasteiger partial charge in [0.1, 0.15) is 0 Å². The first-order valence-electron chi connectivity index (χ1n) is 7.18. The molecule has 1 aliphatic rings. The maximum absolute atomic E-state index is 6.11. The molecule has 2 atom stereocenters. The van der Waals surface area contributed by atoms with Crippen molar-refractivity contribution in [3.8, 4) is 0 Å². The molecule has 1 saturated carbocycles. The third-order valence-electron chi connectivity index (χ3n) is 3.93. The van der Waals surface area contributed by atoms with Crippen molar-refractivity contribution in [2.24, 2.45) is 5.92 Å². The Labute approximate surface area is 116 Å². The minimum atomic E-state index is 0.597. The summed E-state index contributed by atoms with van der Waals surface area (Å²) < 4.78 is 0. The maximum atomic E-state index is 6.11. The molecule has 100 valence electrons. The van der Waals surface area contributed by atoms with Crippen molar-refractivity contribution in [2.45, 2.75) is 51.5 Å². The van der Waals surface area contributed by atoms with E-state index in [0.29, 0.717) is 5.92 Å². The molecule has 2 heteroatoms. The van der Waals surface area contributed by atoms with E-state index in [1.165, 1.54) is 31.2 Å². The molecule has 1 N–H and O–H groups in total. The molecule has 0 aliphatic heterocycles. The van der Waals surface area contributed by atoms with Gasteiger partial charge in [0.2, 0.25) is 0 Å². The lowest BCUT2D eigenvalue weighted by Gasteiger charge is -2.21. The lowest BCUT2D eigenvalue weighted by atomic mass is 9.88. The third kappa shape index (κ3) is 4.29. The zero-order chi connectivity index (χ0) is 13.0. The number of benzene rings is 1. The summed E-state index contributed by atoms with van der Waals surface area (Å²) in [5, 5.41) is 4.52. The zero-order valence-corrected chi connectivity index (χ0v) is 12.2. The molecule has 0 amide bonds. The van der Waals surface area contributed by atoms with Crippen LogP contribution in [0.3, 0.4) is 0 Å². The van der Waals surface area contributed by atoms with Gasteiger partial charge in [0.25, 0.3) is 0 Å². The van der Waals surface area contributed by atoms with E-state index >= 15 is 0 Å². The van der Waals surface area contributed by atoms with Crippen LogP contribution in [-0.2, 0) is 0 Å². The van der Waals surface area contributed by atoms with Crippen LogP contribution in [0.4, 0.5) is 0 Å². The minimum Gasteiger partial charge on any atom is -0.313 e. The zero-order valence-electron chi connectivity index (χ0n) is 11.5. The number of hydrogen-bond acceptors (Lipinski definition) is 1. The second-order valence-corrected chi connectivity index (χ2v) is 6.12. The maximum Gasteiger partial charge on any atom is 0.0408 e. The van der Waals surface area contributed by atoms with E-state index in [9.17, 15) is 0 Å². The van der Waals surface area contributed by atoms with Crippen LogP contribution in [0.2, 0.25) is 5.02 Å². The molecule has 1 aliphatic carbocycles. The lowest BCUT2D eigenvalue weighted by molar-refractivity contribution is 0.435. The largest absolute Gasteiger partial charge is 0.313 e.